The smallest absolute Gasteiger partial charge is 0.229 e. The lowest BCUT2D eigenvalue weighted by atomic mass is 10.2. The molecule has 3 rings (SSSR count). The van der Waals surface area contributed by atoms with Crippen LogP contribution in [0.5, 0.6) is 5.75 Å². The SMILES string of the molecule is CN(C)CC(O)COc1ccc(Nc2nccc(N(CCC#N)c3cc(Cl)ccc3Cl)n2)cc1. The minimum atomic E-state index is -0.569. The summed E-state index contributed by atoms with van der Waals surface area (Å²) in [6, 6.07) is 16.3. The number of likely N-dealkylation sites (N-methyl/N-ethyl adjacent to an activating group) is 1. The number of nitrogens with one attached hydrogen (secondary N) is 1. The summed E-state index contributed by atoms with van der Waals surface area (Å²) in [4.78, 5) is 12.6. The van der Waals surface area contributed by atoms with Gasteiger partial charge in [-0.2, -0.15) is 10.2 Å². The van der Waals surface area contributed by atoms with E-state index < -0.39 is 6.10 Å². The van der Waals surface area contributed by atoms with Crippen molar-refractivity contribution >= 4 is 46.3 Å². The van der Waals surface area contributed by atoms with Gasteiger partial charge in [-0.25, -0.2) is 4.98 Å². The zero-order valence-electron chi connectivity index (χ0n) is 18.9. The zero-order valence-corrected chi connectivity index (χ0v) is 20.5. The van der Waals surface area contributed by atoms with E-state index in [-0.39, 0.29) is 13.0 Å². The van der Waals surface area contributed by atoms with Gasteiger partial charge in [0.25, 0.3) is 0 Å². The molecule has 0 aliphatic heterocycles. The van der Waals surface area contributed by atoms with Crippen LogP contribution in [-0.2, 0) is 0 Å². The summed E-state index contributed by atoms with van der Waals surface area (Å²) in [5.41, 5.74) is 1.43. The Morgan fingerprint density at radius 1 is 1.15 bits per heavy atom. The minimum absolute atomic E-state index is 0.209. The van der Waals surface area contributed by atoms with E-state index >= 15 is 0 Å². The number of ether oxygens (including phenoxy) is 1. The molecule has 3 aromatic rings. The fourth-order valence-electron chi connectivity index (χ4n) is 3.20. The third-order valence-electron chi connectivity index (χ3n) is 4.69. The molecule has 0 fully saturated rings. The summed E-state index contributed by atoms with van der Waals surface area (Å²) in [6.45, 7) is 1.12. The molecule has 0 saturated heterocycles. The van der Waals surface area contributed by atoms with Crippen molar-refractivity contribution in [3.05, 3.63) is 64.8 Å². The molecule has 10 heteroatoms. The first-order valence-corrected chi connectivity index (χ1v) is 11.4. The quantitative estimate of drug-likeness (QED) is 0.384. The largest absolute Gasteiger partial charge is 0.491 e. The van der Waals surface area contributed by atoms with Crippen LogP contribution < -0.4 is 15.0 Å². The molecule has 1 unspecified atom stereocenters. The molecule has 1 heterocycles. The maximum atomic E-state index is 9.94. The average Bonchev–Trinajstić information content (AvgIpc) is 2.81. The van der Waals surface area contributed by atoms with E-state index in [0.29, 0.717) is 46.3 Å². The first-order chi connectivity index (χ1) is 16.4. The highest BCUT2D eigenvalue weighted by atomic mass is 35.5. The van der Waals surface area contributed by atoms with Crippen molar-refractivity contribution in [2.75, 3.05) is 44.0 Å². The van der Waals surface area contributed by atoms with Gasteiger partial charge in [-0.3, -0.25) is 0 Å². The summed E-state index contributed by atoms with van der Waals surface area (Å²) in [5, 5.41) is 23.2. The van der Waals surface area contributed by atoms with Gasteiger partial charge in [0.05, 0.1) is 23.2 Å². The third-order valence-corrected chi connectivity index (χ3v) is 5.25. The number of hydrogen-bond acceptors (Lipinski definition) is 8. The predicted molar refractivity (Wildman–Crippen MR) is 136 cm³/mol. The number of aromatic nitrogens is 2. The van der Waals surface area contributed by atoms with Crippen LogP contribution >= 0.6 is 23.2 Å². The third kappa shape index (κ3) is 7.47. The van der Waals surface area contributed by atoms with Gasteiger partial charge < -0.3 is 25.0 Å². The normalized spacial score (nSPS) is 11.7. The summed E-state index contributed by atoms with van der Waals surface area (Å²) >= 11 is 12.6. The number of rotatable bonds is 11. The number of aliphatic hydroxyl groups is 1. The van der Waals surface area contributed by atoms with Crippen molar-refractivity contribution in [2.24, 2.45) is 0 Å². The minimum Gasteiger partial charge on any atom is -0.491 e. The van der Waals surface area contributed by atoms with Crippen LogP contribution in [0.25, 0.3) is 0 Å². The molecule has 178 valence electrons. The van der Waals surface area contributed by atoms with Gasteiger partial charge in [0.1, 0.15) is 24.3 Å². The van der Waals surface area contributed by atoms with Crippen molar-refractivity contribution in [2.45, 2.75) is 12.5 Å². The fourth-order valence-corrected chi connectivity index (χ4v) is 3.59. The molecule has 2 N–H and O–H groups in total. The topological polar surface area (TPSA) is 97.5 Å². The van der Waals surface area contributed by atoms with Crippen LogP contribution in [-0.4, -0.2) is 59.9 Å². The molecule has 1 atom stereocenters. The highest BCUT2D eigenvalue weighted by molar-refractivity contribution is 6.35. The van der Waals surface area contributed by atoms with E-state index in [4.69, 9.17) is 33.2 Å². The van der Waals surface area contributed by atoms with Crippen molar-refractivity contribution in [1.82, 2.24) is 14.9 Å². The maximum Gasteiger partial charge on any atom is 0.229 e. The molecule has 0 aliphatic carbocycles. The number of halogens is 2. The van der Waals surface area contributed by atoms with Gasteiger partial charge in [0, 0.05) is 30.0 Å². The van der Waals surface area contributed by atoms with Crippen molar-refractivity contribution in [1.29, 1.82) is 5.26 Å². The molecule has 2 aromatic carbocycles. The Balaban J connectivity index is 1.73. The Morgan fingerprint density at radius 3 is 2.62 bits per heavy atom. The Kier molecular flexibility index (Phi) is 9.31. The molecular weight excluding hydrogens is 475 g/mol. The van der Waals surface area contributed by atoms with Crippen LogP contribution in [0.2, 0.25) is 10.0 Å². The number of hydrogen-bond donors (Lipinski definition) is 2. The van der Waals surface area contributed by atoms with E-state index in [1.807, 2.05) is 36.0 Å². The molecule has 34 heavy (non-hydrogen) atoms. The maximum absolute atomic E-state index is 9.94. The van der Waals surface area contributed by atoms with Crippen LogP contribution in [0.4, 0.5) is 23.1 Å². The van der Waals surface area contributed by atoms with Crippen LogP contribution in [0.3, 0.4) is 0 Å². The highest BCUT2D eigenvalue weighted by Crippen LogP contribution is 2.34. The number of benzene rings is 2. The Labute approximate surface area is 209 Å². The fraction of sp³-hybridized carbons (Fsp3) is 0.292. The summed E-state index contributed by atoms with van der Waals surface area (Å²) in [7, 11) is 3.79. The van der Waals surface area contributed by atoms with Crippen LogP contribution in [0.15, 0.2) is 54.7 Å². The lowest BCUT2D eigenvalue weighted by Gasteiger charge is -2.24. The molecule has 0 aliphatic rings. The molecule has 0 saturated carbocycles. The predicted octanol–water partition coefficient (Wildman–Crippen LogP) is 4.88. The van der Waals surface area contributed by atoms with Gasteiger partial charge >= 0.3 is 0 Å². The highest BCUT2D eigenvalue weighted by Gasteiger charge is 2.16. The van der Waals surface area contributed by atoms with E-state index in [1.54, 1.807) is 42.6 Å². The second-order valence-corrected chi connectivity index (χ2v) is 8.61. The number of nitriles is 1. The van der Waals surface area contributed by atoms with Crippen LogP contribution in [0.1, 0.15) is 6.42 Å². The number of anilines is 4. The zero-order chi connectivity index (χ0) is 24.5. The molecule has 0 spiro atoms. The number of aliphatic hydroxyl groups excluding tert-OH is 1. The average molecular weight is 501 g/mol. The van der Waals surface area contributed by atoms with Crippen molar-refractivity contribution in [3.63, 3.8) is 0 Å². The van der Waals surface area contributed by atoms with Gasteiger partial charge in [0.15, 0.2) is 0 Å². The van der Waals surface area contributed by atoms with E-state index in [1.165, 1.54) is 0 Å². The second-order valence-electron chi connectivity index (χ2n) is 7.77. The first-order valence-electron chi connectivity index (χ1n) is 10.6. The first kappa shape index (κ1) is 25.5. The Morgan fingerprint density at radius 2 is 1.91 bits per heavy atom. The lowest BCUT2D eigenvalue weighted by molar-refractivity contribution is 0.0831. The molecule has 0 radical (unpaired) electrons. The summed E-state index contributed by atoms with van der Waals surface area (Å²) in [5.74, 6) is 1.61. The standard InChI is InChI=1S/C24H26Cl2N6O2/c1-31(2)15-19(33)16-34-20-7-5-18(6-8-20)29-24-28-12-10-23(30-24)32(13-3-11-27)22-14-17(25)4-9-21(22)26/h4-10,12,14,19,33H,3,13,15-16H2,1-2H3,(H,28,29,30). The van der Waals surface area contributed by atoms with Gasteiger partial charge in [-0.1, -0.05) is 23.2 Å². The second kappa shape index (κ2) is 12.4. The van der Waals surface area contributed by atoms with Gasteiger partial charge in [-0.05, 0) is 62.6 Å². The van der Waals surface area contributed by atoms with Crippen molar-refractivity contribution < 1.29 is 9.84 Å². The molecular formula is C24H26Cl2N6O2. The molecule has 0 bridgehead atoms. The Hall–Kier alpha value is -3.09. The number of nitrogens with zero attached hydrogens (tertiary/aromatic N) is 5. The van der Waals surface area contributed by atoms with Gasteiger partial charge in [0.2, 0.25) is 5.95 Å². The molecule has 1 aromatic heterocycles. The summed E-state index contributed by atoms with van der Waals surface area (Å²) < 4.78 is 5.64. The monoisotopic (exact) mass is 500 g/mol. The lowest BCUT2D eigenvalue weighted by Crippen LogP contribution is -2.30. The van der Waals surface area contributed by atoms with Crippen molar-refractivity contribution in [3.8, 4) is 11.8 Å². The van der Waals surface area contributed by atoms with E-state index in [0.717, 1.165) is 5.69 Å². The van der Waals surface area contributed by atoms with Gasteiger partial charge in [-0.15, -0.1) is 0 Å². The van der Waals surface area contributed by atoms with Crippen LogP contribution in [0, 0.1) is 11.3 Å². The van der Waals surface area contributed by atoms with E-state index in [2.05, 4.69) is 21.4 Å². The summed E-state index contributed by atoms with van der Waals surface area (Å²) in [6.07, 6.45) is 1.34. The molecule has 0 amide bonds. The molecule has 8 nitrogen and oxygen atoms in total. The van der Waals surface area contributed by atoms with E-state index in [9.17, 15) is 5.11 Å². The Bertz CT molecular complexity index is 1120.